The van der Waals surface area contributed by atoms with Gasteiger partial charge in [-0.2, -0.15) is 13.2 Å². The smallest absolute Gasteiger partial charge is 0.398 e. The summed E-state index contributed by atoms with van der Waals surface area (Å²) in [6.07, 6.45) is -0.187. The van der Waals surface area contributed by atoms with Crippen molar-refractivity contribution < 1.29 is 13.2 Å². The summed E-state index contributed by atoms with van der Waals surface area (Å²) in [7, 11) is 0. The fraction of sp³-hybridized carbons (Fsp3) is 0.120. The maximum Gasteiger partial charge on any atom is 0.417 e. The van der Waals surface area contributed by atoms with Crippen molar-refractivity contribution in [2.24, 2.45) is 5.73 Å². The Morgan fingerprint density at radius 2 is 1.48 bits per heavy atom. The third-order valence-electron chi connectivity index (χ3n) is 4.76. The molecule has 0 radical (unpaired) electrons. The first-order chi connectivity index (χ1) is 13.9. The van der Waals surface area contributed by atoms with Crippen LogP contribution in [0.5, 0.6) is 0 Å². The molecule has 0 aliphatic rings. The van der Waals surface area contributed by atoms with E-state index in [1.54, 1.807) is 12.1 Å². The average Bonchev–Trinajstić information content (AvgIpc) is 2.72. The van der Waals surface area contributed by atoms with E-state index in [1.807, 2.05) is 67.6 Å². The zero-order valence-electron chi connectivity index (χ0n) is 16.1. The number of allylic oxidation sites excluding steroid dienone is 3. The molecule has 0 fully saturated rings. The Hall–Kier alpha value is -3.27. The highest BCUT2D eigenvalue weighted by Crippen LogP contribution is 2.34. The van der Waals surface area contributed by atoms with Gasteiger partial charge in [0.15, 0.2) is 0 Å². The largest absolute Gasteiger partial charge is 0.417 e. The Kier molecular flexibility index (Phi) is 6.23. The van der Waals surface area contributed by atoms with Crippen LogP contribution in [0.25, 0.3) is 11.3 Å². The quantitative estimate of drug-likeness (QED) is 0.483. The molecule has 1 nitrogen and oxygen atoms in total. The van der Waals surface area contributed by atoms with Crippen LogP contribution in [0.15, 0.2) is 91.0 Å². The van der Waals surface area contributed by atoms with E-state index in [9.17, 15) is 13.2 Å². The van der Waals surface area contributed by atoms with Crippen molar-refractivity contribution >= 4 is 11.3 Å². The Balaban J connectivity index is 2.04. The number of rotatable bonds is 5. The van der Waals surface area contributed by atoms with Crippen molar-refractivity contribution in [3.8, 4) is 0 Å². The third kappa shape index (κ3) is 5.17. The first-order valence-electron chi connectivity index (χ1n) is 9.30. The molecule has 0 saturated carbocycles. The zero-order valence-corrected chi connectivity index (χ0v) is 16.1. The van der Waals surface area contributed by atoms with Gasteiger partial charge in [-0.05, 0) is 47.8 Å². The second-order valence-corrected chi connectivity index (χ2v) is 6.80. The van der Waals surface area contributed by atoms with Crippen LogP contribution in [-0.4, -0.2) is 0 Å². The van der Waals surface area contributed by atoms with E-state index in [2.05, 4.69) is 0 Å². The predicted molar refractivity (Wildman–Crippen MR) is 113 cm³/mol. The van der Waals surface area contributed by atoms with E-state index >= 15 is 0 Å². The summed E-state index contributed by atoms with van der Waals surface area (Å²) in [5.41, 5.74) is 9.48. The van der Waals surface area contributed by atoms with Crippen LogP contribution < -0.4 is 5.73 Å². The van der Waals surface area contributed by atoms with Gasteiger partial charge >= 0.3 is 6.18 Å². The molecule has 0 aliphatic carbocycles. The molecule has 0 unspecified atom stereocenters. The van der Waals surface area contributed by atoms with Crippen molar-refractivity contribution in [1.82, 2.24) is 0 Å². The van der Waals surface area contributed by atoms with Gasteiger partial charge in [-0.1, -0.05) is 78.9 Å². The number of aryl methyl sites for hydroxylation is 1. The monoisotopic (exact) mass is 393 g/mol. The molecule has 0 bridgehead atoms. The molecule has 0 amide bonds. The number of benzene rings is 3. The Morgan fingerprint density at radius 1 is 0.862 bits per heavy atom. The summed E-state index contributed by atoms with van der Waals surface area (Å²) in [4.78, 5) is 0. The standard InChI is InChI=1S/C25H22F3N/c1-18-9-5-6-10-19(18)15-16-21(20-11-3-2-4-12-20)17-24(29)22-13-7-8-14-23(22)25(26,27)28/h2-14,16-17H,15,29H2,1H3/b21-16+,24-17-. The van der Waals surface area contributed by atoms with E-state index in [4.69, 9.17) is 5.73 Å². The minimum atomic E-state index is -4.47. The van der Waals surface area contributed by atoms with Gasteiger partial charge in [0.05, 0.1) is 5.56 Å². The fourth-order valence-corrected chi connectivity index (χ4v) is 3.18. The Bertz CT molecular complexity index is 1030. The molecule has 2 N–H and O–H groups in total. The average molecular weight is 393 g/mol. The zero-order chi connectivity index (χ0) is 20.9. The van der Waals surface area contributed by atoms with Crippen molar-refractivity contribution in [1.29, 1.82) is 0 Å². The van der Waals surface area contributed by atoms with E-state index in [-0.39, 0.29) is 11.3 Å². The number of halogens is 3. The number of nitrogens with two attached hydrogens (primary N) is 1. The van der Waals surface area contributed by atoms with Crippen LogP contribution in [0.3, 0.4) is 0 Å². The van der Waals surface area contributed by atoms with Crippen molar-refractivity contribution in [3.05, 3.63) is 119 Å². The minimum absolute atomic E-state index is 0.0160. The topological polar surface area (TPSA) is 26.0 Å². The van der Waals surface area contributed by atoms with E-state index in [0.717, 1.165) is 28.3 Å². The Labute approximate surface area is 169 Å². The Morgan fingerprint density at radius 3 is 2.17 bits per heavy atom. The number of hydrogen-bond donors (Lipinski definition) is 1. The molecule has 148 valence electrons. The van der Waals surface area contributed by atoms with E-state index in [0.29, 0.717) is 6.42 Å². The van der Waals surface area contributed by atoms with E-state index in [1.165, 1.54) is 12.1 Å². The van der Waals surface area contributed by atoms with Crippen LogP contribution in [0.2, 0.25) is 0 Å². The van der Waals surface area contributed by atoms with Gasteiger partial charge in [0, 0.05) is 11.3 Å². The van der Waals surface area contributed by atoms with Gasteiger partial charge < -0.3 is 5.73 Å². The highest BCUT2D eigenvalue weighted by molar-refractivity contribution is 5.83. The molecule has 0 atom stereocenters. The van der Waals surface area contributed by atoms with Gasteiger partial charge in [-0.15, -0.1) is 0 Å². The lowest BCUT2D eigenvalue weighted by molar-refractivity contribution is -0.137. The fourth-order valence-electron chi connectivity index (χ4n) is 3.18. The van der Waals surface area contributed by atoms with Crippen molar-refractivity contribution in [2.75, 3.05) is 0 Å². The van der Waals surface area contributed by atoms with Crippen LogP contribution in [0.1, 0.15) is 27.8 Å². The van der Waals surface area contributed by atoms with Gasteiger partial charge in [-0.3, -0.25) is 0 Å². The van der Waals surface area contributed by atoms with E-state index < -0.39 is 11.7 Å². The first-order valence-corrected chi connectivity index (χ1v) is 9.30. The molecule has 0 saturated heterocycles. The molecule has 4 heteroatoms. The number of alkyl halides is 3. The lowest BCUT2D eigenvalue weighted by Crippen LogP contribution is -2.11. The predicted octanol–water partition coefficient (Wildman–Crippen LogP) is 6.64. The van der Waals surface area contributed by atoms with Crippen molar-refractivity contribution in [2.45, 2.75) is 19.5 Å². The summed E-state index contributed by atoms with van der Waals surface area (Å²) in [5.74, 6) is 0. The summed E-state index contributed by atoms with van der Waals surface area (Å²) >= 11 is 0. The molecule has 0 aliphatic heterocycles. The molecule has 0 heterocycles. The highest BCUT2D eigenvalue weighted by atomic mass is 19.4. The summed E-state index contributed by atoms with van der Waals surface area (Å²) in [6, 6.07) is 22.9. The van der Waals surface area contributed by atoms with Gasteiger partial charge in [0.1, 0.15) is 0 Å². The molecule has 3 rings (SSSR count). The SMILES string of the molecule is Cc1ccccc1C/C=C(\C=C(/N)c1ccccc1C(F)(F)F)c1ccccc1. The maximum absolute atomic E-state index is 13.4. The number of hydrogen-bond acceptors (Lipinski definition) is 1. The molecule has 0 aromatic heterocycles. The van der Waals surface area contributed by atoms with Crippen LogP contribution >= 0.6 is 0 Å². The summed E-state index contributed by atoms with van der Waals surface area (Å²) in [5, 5.41) is 0. The van der Waals surface area contributed by atoms with Gasteiger partial charge in [-0.25, -0.2) is 0 Å². The normalized spacial score (nSPS) is 12.8. The van der Waals surface area contributed by atoms with Gasteiger partial charge in [0.2, 0.25) is 0 Å². The minimum Gasteiger partial charge on any atom is -0.398 e. The maximum atomic E-state index is 13.4. The summed E-state index contributed by atoms with van der Waals surface area (Å²) < 4.78 is 40.2. The van der Waals surface area contributed by atoms with Gasteiger partial charge in [0.25, 0.3) is 0 Å². The third-order valence-corrected chi connectivity index (χ3v) is 4.76. The molecule has 29 heavy (non-hydrogen) atoms. The van der Waals surface area contributed by atoms with Crippen LogP contribution in [0.4, 0.5) is 13.2 Å². The molecule has 3 aromatic carbocycles. The van der Waals surface area contributed by atoms with Crippen molar-refractivity contribution in [3.63, 3.8) is 0 Å². The van der Waals surface area contributed by atoms with Crippen LogP contribution in [0, 0.1) is 6.92 Å². The lowest BCUT2D eigenvalue weighted by atomic mass is 9.97. The molecule has 3 aromatic rings. The molecular weight excluding hydrogens is 371 g/mol. The lowest BCUT2D eigenvalue weighted by Gasteiger charge is -2.14. The first kappa shape index (κ1) is 20.5. The summed E-state index contributed by atoms with van der Waals surface area (Å²) in [6.45, 7) is 2.04. The molecule has 0 spiro atoms. The second-order valence-electron chi connectivity index (χ2n) is 6.80. The molecular formula is C25H22F3N. The highest BCUT2D eigenvalue weighted by Gasteiger charge is 2.33. The van der Waals surface area contributed by atoms with Crippen LogP contribution in [-0.2, 0) is 12.6 Å². The second kappa shape index (κ2) is 8.82.